The SMILES string of the molecule is CCCCS(=O)(=O)NCc1ccc2c(c1)NC(=O)CCO2. The Balaban J connectivity index is 2.03. The van der Waals surface area contributed by atoms with Gasteiger partial charge in [0.25, 0.3) is 0 Å². The summed E-state index contributed by atoms with van der Waals surface area (Å²) in [6.07, 6.45) is 1.79. The van der Waals surface area contributed by atoms with Crippen molar-refractivity contribution in [1.82, 2.24) is 4.72 Å². The molecule has 1 amide bonds. The number of amides is 1. The van der Waals surface area contributed by atoms with E-state index in [4.69, 9.17) is 4.74 Å². The number of carbonyl (C=O) groups excluding carboxylic acids is 1. The normalized spacial score (nSPS) is 14.8. The molecule has 2 rings (SSSR count). The maximum atomic E-state index is 11.8. The van der Waals surface area contributed by atoms with Crippen molar-refractivity contribution >= 4 is 21.6 Å². The first kappa shape index (κ1) is 15.8. The number of hydrogen-bond donors (Lipinski definition) is 2. The highest BCUT2D eigenvalue weighted by Crippen LogP contribution is 2.28. The van der Waals surface area contributed by atoms with E-state index in [0.29, 0.717) is 30.9 Å². The third kappa shape index (κ3) is 4.71. The van der Waals surface area contributed by atoms with Crippen molar-refractivity contribution in [2.45, 2.75) is 32.7 Å². The van der Waals surface area contributed by atoms with Crippen molar-refractivity contribution in [3.63, 3.8) is 0 Å². The monoisotopic (exact) mass is 312 g/mol. The van der Waals surface area contributed by atoms with Crippen LogP contribution in [0.2, 0.25) is 0 Å². The topological polar surface area (TPSA) is 84.5 Å². The first-order valence-corrected chi connectivity index (χ1v) is 8.68. The maximum absolute atomic E-state index is 11.8. The lowest BCUT2D eigenvalue weighted by atomic mass is 10.2. The summed E-state index contributed by atoms with van der Waals surface area (Å²) < 4.78 is 31.5. The number of sulfonamides is 1. The second kappa shape index (κ2) is 6.91. The molecule has 21 heavy (non-hydrogen) atoms. The van der Waals surface area contributed by atoms with E-state index in [9.17, 15) is 13.2 Å². The van der Waals surface area contributed by atoms with Gasteiger partial charge in [0.15, 0.2) is 0 Å². The molecule has 1 aromatic rings. The van der Waals surface area contributed by atoms with Crippen LogP contribution < -0.4 is 14.8 Å². The number of rotatable bonds is 6. The van der Waals surface area contributed by atoms with Crippen molar-refractivity contribution in [2.75, 3.05) is 17.7 Å². The van der Waals surface area contributed by atoms with E-state index in [1.807, 2.05) is 6.92 Å². The van der Waals surface area contributed by atoms with Gasteiger partial charge in [0.05, 0.1) is 24.5 Å². The Morgan fingerprint density at radius 1 is 1.38 bits per heavy atom. The van der Waals surface area contributed by atoms with Crippen LogP contribution >= 0.6 is 0 Å². The van der Waals surface area contributed by atoms with Gasteiger partial charge in [-0.05, 0) is 24.1 Å². The molecule has 0 fully saturated rings. The second-order valence-corrected chi connectivity index (χ2v) is 6.90. The van der Waals surface area contributed by atoms with Gasteiger partial charge >= 0.3 is 0 Å². The number of hydrogen-bond acceptors (Lipinski definition) is 4. The van der Waals surface area contributed by atoms with E-state index >= 15 is 0 Å². The summed E-state index contributed by atoms with van der Waals surface area (Å²) in [7, 11) is -3.25. The van der Waals surface area contributed by atoms with Gasteiger partial charge in [-0.25, -0.2) is 13.1 Å². The zero-order chi connectivity index (χ0) is 15.3. The molecule has 6 nitrogen and oxygen atoms in total. The summed E-state index contributed by atoms with van der Waals surface area (Å²) in [6.45, 7) is 2.50. The van der Waals surface area contributed by atoms with E-state index in [0.717, 1.165) is 12.0 Å². The summed E-state index contributed by atoms with van der Waals surface area (Å²) in [5, 5.41) is 2.75. The summed E-state index contributed by atoms with van der Waals surface area (Å²) >= 11 is 0. The van der Waals surface area contributed by atoms with E-state index in [2.05, 4.69) is 10.0 Å². The molecule has 0 radical (unpaired) electrons. The lowest BCUT2D eigenvalue weighted by molar-refractivity contribution is -0.116. The average Bonchev–Trinajstić information content (AvgIpc) is 2.63. The van der Waals surface area contributed by atoms with Gasteiger partial charge in [0.1, 0.15) is 5.75 Å². The van der Waals surface area contributed by atoms with Crippen LogP contribution in [-0.2, 0) is 21.4 Å². The third-order valence-corrected chi connectivity index (χ3v) is 4.58. The fourth-order valence-electron chi connectivity index (χ4n) is 1.98. The summed E-state index contributed by atoms with van der Waals surface area (Å²) in [4.78, 5) is 11.5. The van der Waals surface area contributed by atoms with Gasteiger partial charge in [-0.3, -0.25) is 4.79 Å². The maximum Gasteiger partial charge on any atom is 0.227 e. The van der Waals surface area contributed by atoms with Crippen molar-refractivity contribution in [1.29, 1.82) is 0 Å². The Kier molecular flexibility index (Phi) is 5.19. The minimum absolute atomic E-state index is 0.102. The molecule has 0 unspecified atom stereocenters. The number of carbonyl (C=O) groups is 1. The lowest BCUT2D eigenvalue weighted by Crippen LogP contribution is -2.25. The van der Waals surface area contributed by atoms with Gasteiger partial charge in [-0.15, -0.1) is 0 Å². The fraction of sp³-hybridized carbons (Fsp3) is 0.500. The Morgan fingerprint density at radius 2 is 2.19 bits per heavy atom. The zero-order valence-corrected chi connectivity index (χ0v) is 12.8. The first-order valence-electron chi connectivity index (χ1n) is 7.03. The Labute approximate surface area is 124 Å². The number of nitrogens with one attached hydrogen (secondary N) is 2. The highest BCUT2D eigenvalue weighted by Gasteiger charge is 2.15. The summed E-state index contributed by atoms with van der Waals surface area (Å²) in [5.41, 5.74) is 1.36. The van der Waals surface area contributed by atoms with Gasteiger partial charge in [0, 0.05) is 6.54 Å². The number of ether oxygens (including phenoxy) is 1. The molecular formula is C14H20N2O4S. The Morgan fingerprint density at radius 3 is 2.95 bits per heavy atom. The van der Waals surface area contributed by atoms with Crippen LogP contribution in [0.25, 0.3) is 0 Å². The highest BCUT2D eigenvalue weighted by molar-refractivity contribution is 7.89. The Hall–Kier alpha value is -1.60. The standard InChI is InChI=1S/C14H20N2O4S/c1-2-3-8-21(18,19)15-10-11-4-5-13-12(9-11)16-14(17)6-7-20-13/h4-5,9,15H,2-3,6-8,10H2,1H3,(H,16,17). The fourth-order valence-corrected chi connectivity index (χ4v) is 3.18. The predicted octanol–water partition coefficient (Wildman–Crippen LogP) is 1.63. The molecule has 2 N–H and O–H groups in total. The van der Waals surface area contributed by atoms with Gasteiger partial charge in [-0.2, -0.15) is 0 Å². The van der Waals surface area contributed by atoms with Crippen molar-refractivity contribution in [2.24, 2.45) is 0 Å². The second-order valence-electron chi connectivity index (χ2n) is 4.97. The molecule has 116 valence electrons. The smallest absolute Gasteiger partial charge is 0.227 e. The number of anilines is 1. The minimum Gasteiger partial charge on any atom is -0.491 e. The molecule has 0 atom stereocenters. The quantitative estimate of drug-likeness (QED) is 0.836. The molecule has 1 heterocycles. The molecule has 1 aliphatic heterocycles. The molecule has 1 aromatic carbocycles. The van der Waals surface area contributed by atoms with Gasteiger partial charge in [-0.1, -0.05) is 19.4 Å². The molecule has 0 saturated carbocycles. The molecule has 0 spiro atoms. The molecule has 7 heteroatoms. The van der Waals surface area contributed by atoms with Gasteiger partial charge in [0.2, 0.25) is 15.9 Å². The molecule has 0 aromatic heterocycles. The number of unbranched alkanes of at least 4 members (excludes halogenated alkanes) is 1. The Bertz CT molecular complexity index is 613. The van der Waals surface area contributed by atoms with Crippen LogP contribution in [0.4, 0.5) is 5.69 Å². The van der Waals surface area contributed by atoms with Crippen LogP contribution in [0.1, 0.15) is 31.7 Å². The van der Waals surface area contributed by atoms with Crippen LogP contribution in [0.15, 0.2) is 18.2 Å². The number of benzene rings is 1. The van der Waals surface area contributed by atoms with Crippen LogP contribution in [0.5, 0.6) is 5.75 Å². The van der Waals surface area contributed by atoms with Crippen molar-refractivity contribution in [3.05, 3.63) is 23.8 Å². The molecule has 0 bridgehead atoms. The van der Waals surface area contributed by atoms with Crippen molar-refractivity contribution in [3.8, 4) is 5.75 Å². The van der Waals surface area contributed by atoms with Gasteiger partial charge < -0.3 is 10.1 Å². The summed E-state index contributed by atoms with van der Waals surface area (Å²) in [5.74, 6) is 0.641. The van der Waals surface area contributed by atoms with Crippen LogP contribution in [-0.4, -0.2) is 26.7 Å². The van der Waals surface area contributed by atoms with Crippen LogP contribution in [0, 0.1) is 0 Å². The van der Waals surface area contributed by atoms with Crippen LogP contribution in [0.3, 0.4) is 0 Å². The van der Waals surface area contributed by atoms with Crippen molar-refractivity contribution < 1.29 is 17.9 Å². The average molecular weight is 312 g/mol. The van der Waals surface area contributed by atoms with E-state index in [1.165, 1.54) is 0 Å². The minimum atomic E-state index is -3.25. The van der Waals surface area contributed by atoms with E-state index in [1.54, 1.807) is 18.2 Å². The number of fused-ring (bicyclic) bond motifs is 1. The molecule has 1 aliphatic rings. The largest absolute Gasteiger partial charge is 0.491 e. The first-order chi connectivity index (χ1) is 10.00. The molecule has 0 saturated heterocycles. The molecular weight excluding hydrogens is 292 g/mol. The third-order valence-electron chi connectivity index (χ3n) is 3.17. The predicted molar refractivity (Wildman–Crippen MR) is 80.7 cm³/mol. The lowest BCUT2D eigenvalue weighted by Gasteiger charge is -2.10. The highest BCUT2D eigenvalue weighted by atomic mass is 32.2. The zero-order valence-electron chi connectivity index (χ0n) is 12.0. The van der Waals surface area contributed by atoms with E-state index < -0.39 is 10.0 Å². The molecule has 0 aliphatic carbocycles. The summed E-state index contributed by atoms with van der Waals surface area (Å²) in [6, 6.07) is 5.27. The van der Waals surface area contributed by atoms with E-state index in [-0.39, 0.29) is 18.2 Å².